The predicted molar refractivity (Wildman–Crippen MR) is 71.2 cm³/mol. The number of carbonyl (C=O) groups excluding carboxylic acids is 1. The van der Waals surface area contributed by atoms with Crippen LogP contribution in [0.15, 0.2) is 24.5 Å². The Morgan fingerprint density at radius 1 is 1.42 bits per heavy atom. The van der Waals surface area contributed by atoms with Gasteiger partial charge in [-0.15, -0.1) is 0 Å². The number of carbonyl (C=O) groups is 1. The highest BCUT2D eigenvalue weighted by Crippen LogP contribution is 2.07. The standard InChI is InChI=1S/C12H16N6O/c1-8-10(7-16-18(8)2)6-15-12(19)9-3-4-11(17-13)14-5-9/h3-5,7H,6,13H2,1-2H3,(H,14,17)(H,15,19). The van der Waals surface area contributed by atoms with Gasteiger partial charge in [-0.05, 0) is 19.1 Å². The third-order valence-corrected chi connectivity index (χ3v) is 2.95. The Morgan fingerprint density at radius 3 is 2.74 bits per heavy atom. The Kier molecular flexibility index (Phi) is 3.76. The first-order chi connectivity index (χ1) is 9.11. The summed E-state index contributed by atoms with van der Waals surface area (Å²) in [5.74, 6) is 5.54. The van der Waals surface area contributed by atoms with Crippen molar-refractivity contribution < 1.29 is 4.79 Å². The van der Waals surface area contributed by atoms with Gasteiger partial charge in [-0.1, -0.05) is 0 Å². The molecule has 19 heavy (non-hydrogen) atoms. The molecule has 0 aliphatic rings. The molecule has 0 bridgehead atoms. The fourth-order valence-electron chi connectivity index (χ4n) is 1.61. The van der Waals surface area contributed by atoms with E-state index in [1.54, 1.807) is 23.0 Å². The Bertz CT molecular complexity index is 574. The van der Waals surface area contributed by atoms with E-state index in [1.165, 1.54) is 6.20 Å². The van der Waals surface area contributed by atoms with Crippen LogP contribution in [-0.4, -0.2) is 20.7 Å². The first-order valence-corrected chi connectivity index (χ1v) is 5.80. The molecule has 0 saturated heterocycles. The smallest absolute Gasteiger partial charge is 0.253 e. The number of amides is 1. The third-order valence-electron chi connectivity index (χ3n) is 2.95. The van der Waals surface area contributed by atoms with Crippen LogP contribution in [0.1, 0.15) is 21.6 Å². The summed E-state index contributed by atoms with van der Waals surface area (Å²) < 4.78 is 1.77. The maximum Gasteiger partial charge on any atom is 0.253 e. The van der Waals surface area contributed by atoms with E-state index in [0.29, 0.717) is 17.9 Å². The third kappa shape index (κ3) is 2.89. The van der Waals surface area contributed by atoms with E-state index in [4.69, 9.17) is 5.84 Å². The van der Waals surface area contributed by atoms with Gasteiger partial charge in [-0.25, -0.2) is 10.8 Å². The molecule has 0 aliphatic carbocycles. The molecule has 2 aromatic rings. The summed E-state index contributed by atoms with van der Waals surface area (Å²) in [7, 11) is 1.86. The number of aryl methyl sites for hydroxylation is 1. The largest absolute Gasteiger partial charge is 0.348 e. The Labute approximate surface area is 110 Å². The van der Waals surface area contributed by atoms with Crippen LogP contribution in [0.4, 0.5) is 5.82 Å². The SMILES string of the molecule is Cc1c(CNC(=O)c2ccc(NN)nc2)cnn1C. The highest BCUT2D eigenvalue weighted by molar-refractivity contribution is 5.93. The summed E-state index contributed by atoms with van der Waals surface area (Å²) in [5, 5.41) is 6.94. The van der Waals surface area contributed by atoms with Gasteiger partial charge in [-0.3, -0.25) is 9.48 Å². The number of rotatable bonds is 4. The zero-order valence-corrected chi connectivity index (χ0v) is 10.8. The Hall–Kier alpha value is -2.41. The van der Waals surface area contributed by atoms with Crippen molar-refractivity contribution >= 4 is 11.7 Å². The van der Waals surface area contributed by atoms with Crippen LogP contribution in [0.2, 0.25) is 0 Å². The average Bonchev–Trinajstić information content (AvgIpc) is 2.76. The van der Waals surface area contributed by atoms with Gasteiger partial charge in [0.25, 0.3) is 5.91 Å². The first kappa shape index (κ1) is 13.0. The maximum atomic E-state index is 11.9. The summed E-state index contributed by atoms with van der Waals surface area (Å²) in [6.45, 7) is 2.40. The molecule has 2 heterocycles. The summed E-state index contributed by atoms with van der Waals surface area (Å²) in [5.41, 5.74) is 4.91. The minimum atomic E-state index is -0.181. The van der Waals surface area contributed by atoms with Crippen molar-refractivity contribution in [2.45, 2.75) is 13.5 Å². The number of hydrazine groups is 1. The Morgan fingerprint density at radius 2 is 2.21 bits per heavy atom. The lowest BCUT2D eigenvalue weighted by atomic mass is 10.2. The van der Waals surface area contributed by atoms with E-state index >= 15 is 0 Å². The van der Waals surface area contributed by atoms with Crippen molar-refractivity contribution in [3.05, 3.63) is 41.3 Å². The lowest BCUT2D eigenvalue weighted by Gasteiger charge is -2.05. The van der Waals surface area contributed by atoms with E-state index in [-0.39, 0.29) is 5.91 Å². The zero-order chi connectivity index (χ0) is 13.8. The number of nitrogens with one attached hydrogen (secondary N) is 2. The Balaban J connectivity index is 1.99. The number of nitrogens with two attached hydrogens (primary N) is 1. The van der Waals surface area contributed by atoms with E-state index < -0.39 is 0 Å². The lowest BCUT2D eigenvalue weighted by Crippen LogP contribution is -2.23. The van der Waals surface area contributed by atoms with Gasteiger partial charge in [-0.2, -0.15) is 5.10 Å². The summed E-state index contributed by atoms with van der Waals surface area (Å²) in [6.07, 6.45) is 3.22. The normalized spacial score (nSPS) is 10.3. The lowest BCUT2D eigenvalue weighted by molar-refractivity contribution is 0.0950. The molecule has 4 N–H and O–H groups in total. The van der Waals surface area contributed by atoms with Crippen molar-refractivity contribution in [3.8, 4) is 0 Å². The molecular formula is C12H16N6O. The quantitative estimate of drug-likeness (QED) is 0.544. The molecule has 2 aromatic heterocycles. The molecule has 7 nitrogen and oxygen atoms in total. The van der Waals surface area contributed by atoms with Crippen LogP contribution in [0.5, 0.6) is 0 Å². The molecule has 0 unspecified atom stereocenters. The molecule has 2 rings (SSSR count). The highest BCUT2D eigenvalue weighted by Gasteiger charge is 2.08. The van der Waals surface area contributed by atoms with Gasteiger partial charge in [0.15, 0.2) is 0 Å². The maximum absolute atomic E-state index is 11.9. The number of pyridine rings is 1. The number of hydrogen-bond acceptors (Lipinski definition) is 5. The molecule has 0 aromatic carbocycles. The van der Waals surface area contributed by atoms with Crippen LogP contribution in [0.3, 0.4) is 0 Å². The predicted octanol–water partition coefficient (Wildman–Crippen LogP) is 0.339. The van der Waals surface area contributed by atoms with Crippen LogP contribution < -0.4 is 16.6 Å². The minimum Gasteiger partial charge on any atom is -0.348 e. The van der Waals surface area contributed by atoms with Crippen molar-refractivity contribution in [2.24, 2.45) is 12.9 Å². The van der Waals surface area contributed by atoms with Gasteiger partial charge < -0.3 is 10.7 Å². The van der Waals surface area contributed by atoms with Gasteiger partial charge in [0.05, 0.1) is 11.8 Å². The minimum absolute atomic E-state index is 0.181. The monoisotopic (exact) mass is 260 g/mol. The molecule has 0 atom stereocenters. The number of aromatic nitrogens is 3. The van der Waals surface area contributed by atoms with E-state index in [1.807, 2.05) is 14.0 Å². The van der Waals surface area contributed by atoms with Crippen LogP contribution in [0, 0.1) is 6.92 Å². The van der Waals surface area contributed by atoms with Gasteiger partial charge >= 0.3 is 0 Å². The van der Waals surface area contributed by atoms with Gasteiger partial charge in [0, 0.05) is 31.0 Å². The molecule has 0 spiro atoms. The number of hydrogen-bond donors (Lipinski definition) is 3. The molecule has 0 radical (unpaired) electrons. The second kappa shape index (κ2) is 5.49. The average molecular weight is 260 g/mol. The van der Waals surface area contributed by atoms with E-state index in [0.717, 1.165) is 11.3 Å². The second-order valence-electron chi connectivity index (χ2n) is 4.14. The molecule has 0 fully saturated rings. The van der Waals surface area contributed by atoms with Crippen molar-refractivity contribution in [2.75, 3.05) is 5.43 Å². The molecule has 100 valence electrons. The van der Waals surface area contributed by atoms with E-state index in [2.05, 4.69) is 20.8 Å². The van der Waals surface area contributed by atoms with Gasteiger partial charge in [0.1, 0.15) is 5.82 Å². The van der Waals surface area contributed by atoms with Crippen molar-refractivity contribution in [1.29, 1.82) is 0 Å². The molecule has 0 saturated carbocycles. The van der Waals surface area contributed by atoms with Crippen molar-refractivity contribution in [3.63, 3.8) is 0 Å². The zero-order valence-electron chi connectivity index (χ0n) is 10.8. The molecule has 7 heteroatoms. The summed E-state index contributed by atoms with van der Waals surface area (Å²) in [6, 6.07) is 3.30. The fourth-order valence-corrected chi connectivity index (χ4v) is 1.61. The fraction of sp³-hybridized carbons (Fsp3) is 0.250. The molecular weight excluding hydrogens is 244 g/mol. The van der Waals surface area contributed by atoms with Crippen LogP contribution in [0.25, 0.3) is 0 Å². The number of nitrogens with zero attached hydrogens (tertiary/aromatic N) is 3. The van der Waals surface area contributed by atoms with E-state index in [9.17, 15) is 4.79 Å². The van der Waals surface area contributed by atoms with Crippen molar-refractivity contribution in [1.82, 2.24) is 20.1 Å². The van der Waals surface area contributed by atoms with Gasteiger partial charge in [0.2, 0.25) is 0 Å². The summed E-state index contributed by atoms with van der Waals surface area (Å²) in [4.78, 5) is 15.9. The summed E-state index contributed by atoms with van der Waals surface area (Å²) >= 11 is 0. The number of anilines is 1. The van der Waals surface area contributed by atoms with Crippen LogP contribution >= 0.6 is 0 Å². The van der Waals surface area contributed by atoms with Crippen LogP contribution in [-0.2, 0) is 13.6 Å². The highest BCUT2D eigenvalue weighted by atomic mass is 16.1. The molecule has 1 amide bonds. The number of nitrogen functional groups attached to an aromatic ring is 1. The molecule has 0 aliphatic heterocycles. The topological polar surface area (TPSA) is 97.9 Å². The second-order valence-corrected chi connectivity index (χ2v) is 4.14. The first-order valence-electron chi connectivity index (χ1n) is 5.80.